The Bertz CT molecular complexity index is 157. The third-order valence-electron chi connectivity index (χ3n) is 1.84. The van der Waals surface area contributed by atoms with Gasteiger partial charge in [-0.05, 0) is 19.3 Å². The van der Waals surface area contributed by atoms with Crippen LogP contribution in [0, 0.1) is 11.8 Å². The summed E-state index contributed by atoms with van der Waals surface area (Å²) in [5.74, 6) is -1.38. The highest BCUT2D eigenvalue weighted by atomic mass is 19.4. The van der Waals surface area contributed by atoms with Crippen LogP contribution in [0.4, 0.5) is 13.2 Å². The molecule has 0 aromatic rings. The lowest BCUT2D eigenvalue weighted by Crippen LogP contribution is -2.11. The van der Waals surface area contributed by atoms with E-state index in [4.69, 9.17) is 0 Å². The number of alkyl halides is 3. The molecule has 0 nitrogen and oxygen atoms in total. The number of hydrogen-bond acceptors (Lipinski definition) is 0. The largest absolute Gasteiger partial charge is 0.392 e. The van der Waals surface area contributed by atoms with E-state index < -0.39 is 12.1 Å². The van der Waals surface area contributed by atoms with Crippen molar-refractivity contribution in [1.29, 1.82) is 0 Å². The van der Waals surface area contributed by atoms with Crippen LogP contribution in [-0.2, 0) is 0 Å². The average Bonchev–Trinajstić information content (AvgIpc) is 2.35. The smallest absolute Gasteiger partial charge is 0.171 e. The van der Waals surface area contributed by atoms with E-state index in [1.807, 2.05) is 0 Å². The van der Waals surface area contributed by atoms with Gasteiger partial charge in [0.15, 0.2) is 0 Å². The van der Waals surface area contributed by atoms with Crippen molar-refractivity contribution in [3.8, 4) is 0 Å². The monoisotopic (exact) mass is 150 g/mol. The fourth-order valence-corrected chi connectivity index (χ4v) is 1.10. The number of halogens is 3. The van der Waals surface area contributed by atoms with Gasteiger partial charge < -0.3 is 0 Å². The maximum atomic E-state index is 11.8. The summed E-state index contributed by atoms with van der Waals surface area (Å²) in [7, 11) is 0. The van der Waals surface area contributed by atoms with E-state index in [2.05, 4.69) is 6.58 Å². The number of rotatable bonds is 1. The van der Waals surface area contributed by atoms with Crippen molar-refractivity contribution in [2.45, 2.75) is 19.5 Å². The second-order valence-corrected chi connectivity index (χ2v) is 2.84. The molecule has 1 saturated carbocycles. The molecule has 0 amide bonds. The Morgan fingerprint density at radius 3 is 2.10 bits per heavy atom. The number of hydrogen-bond donors (Lipinski definition) is 0. The molecule has 0 N–H and O–H groups in total. The average molecular weight is 150 g/mol. The lowest BCUT2D eigenvalue weighted by molar-refractivity contribution is -0.149. The van der Waals surface area contributed by atoms with Gasteiger partial charge in [0, 0.05) is 0 Å². The fraction of sp³-hybridized carbons (Fsp3) is 0.714. The van der Waals surface area contributed by atoms with Gasteiger partial charge in [-0.3, -0.25) is 0 Å². The van der Waals surface area contributed by atoms with Crippen molar-refractivity contribution in [2.75, 3.05) is 0 Å². The molecule has 1 aliphatic rings. The molecule has 10 heavy (non-hydrogen) atoms. The minimum Gasteiger partial charge on any atom is -0.171 e. The molecule has 0 aromatic carbocycles. The SMILES string of the molecule is C=C(C)[C@@H]1C[C@H]1C(F)(F)F. The van der Waals surface area contributed by atoms with E-state index in [9.17, 15) is 13.2 Å². The molecule has 58 valence electrons. The minimum absolute atomic E-state index is 0.249. The molecule has 0 heterocycles. The van der Waals surface area contributed by atoms with Gasteiger partial charge in [0.1, 0.15) is 0 Å². The van der Waals surface area contributed by atoms with E-state index in [0.29, 0.717) is 5.57 Å². The van der Waals surface area contributed by atoms with Crippen molar-refractivity contribution in [3.63, 3.8) is 0 Å². The first-order chi connectivity index (χ1) is 4.43. The molecule has 0 aliphatic heterocycles. The van der Waals surface area contributed by atoms with Gasteiger partial charge >= 0.3 is 6.18 Å². The predicted molar refractivity (Wildman–Crippen MR) is 32.5 cm³/mol. The molecule has 0 unspecified atom stereocenters. The molecule has 0 spiro atoms. The Hall–Kier alpha value is -0.470. The lowest BCUT2D eigenvalue weighted by atomic mass is 10.2. The first kappa shape index (κ1) is 7.63. The zero-order valence-electron chi connectivity index (χ0n) is 5.70. The fourth-order valence-electron chi connectivity index (χ4n) is 1.10. The molecule has 1 rings (SSSR count). The van der Waals surface area contributed by atoms with E-state index in [1.54, 1.807) is 6.92 Å². The van der Waals surface area contributed by atoms with E-state index in [-0.39, 0.29) is 12.3 Å². The van der Waals surface area contributed by atoms with Crippen LogP contribution in [0.15, 0.2) is 12.2 Å². The highest BCUT2D eigenvalue weighted by Crippen LogP contribution is 2.52. The van der Waals surface area contributed by atoms with Gasteiger partial charge in [-0.2, -0.15) is 13.2 Å². The third-order valence-corrected chi connectivity index (χ3v) is 1.84. The van der Waals surface area contributed by atoms with Gasteiger partial charge in [-0.15, -0.1) is 0 Å². The van der Waals surface area contributed by atoms with E-state index in [0.717, 1.165) is 0 Å². The van der Waals surface area contributed by atoms with Crippen LogP contribution in [0.1, 0.15) is 13.3 Å². The van der Waals surface area contributed by atoms with Gasteiger partial charge in [0.25, 0.3) is 0 Å². The molecule has 1 aliphatic carbocycles. The summed E-state index contributed by atoms with van der Waals surface area (Å²) in [6.45, 7) is 5.13. The quantitative estimate of drug-likeness (QED) is 0.504. The Balaban J connectivity index is 2.46. The van der Waals surface area contributed by atoms with E-state index in [1.165, 1.54) is 0 Å². The van der Waals surface area contributed by atoms with Crippen LogP contribution < -0.4 is 0 Å². The zero-order valence-corrected chi connectivity index (χ0v) is 5.70. The molecule has 1 fully saturated rings. The van der Waals surface area contributed by atoms with Gasteiger partial charge in [-0.25, -0.2) is 0 Å². The Labute approximate surface area is 57.7 Å². The molecular weight excluding hydrogens is 141 g/mol. The van der Waals surface area contributed by atoms with Crippen LogP contribution in [0.5, 0.6) is 0 Å². The standard InChI is InChI=1S/C7H9F3/c1-4(2)5-3-6(5)7(8,9)10/h5-6H,1,3H2,2H3/t5-,6+/m0/s1. The van der Waals surface area contributed by atoms with Crippen molar-refractivity contribution < 1.29 is 13.2 Å². The van der Waals surface area contributed by atoms with Crippen LogP contribution in [0.25, 0.3) is 0 Å². The summed E-state index contributed by atoms with van der Waals surface area (Å²) in [5.41, 5.74) is 0.655. The highest BCUT2D eigenvalue weighted by molar-refractivity contribution is 5.10. The molecule has 2 atom stereocenters. The first-order valence-electron chi connectivity index (χ1n) is 3.15. The molecule has 0 radical (unpaired) electrons. The summed E-state index contributed by atoms with van der Waals surface area (Å²) in [5, 5.41) is 0. The van der Waals surface area contributed by atoms with Crippen LogP contribution in [0.2, 0.25) is 0 Å². The van der Waals surface area contributed by atoms with Gasteiger partial charge in [0.2, 0.25) is 0 Å². The topological polar surface area (TPSA) is 0 Å². The summed E-state index contributed by atoms with van der Waals surface area (Å²) in [4.78, 5) is 0. The summed E-state index contributed by atoms with van der Waals surface area (Å²) < 4.78 is 35.4. The van der Waals surface area contributed by atoms with Crippen molar-refractivity contribution in [2.24, 2.45) is 11.8 Å². The summed E-state index contributed by atoms with van der Waals surface area (Å²) in [6.07, 6.45) is -3.75. The van der Waals surface area contributed by atoms with Crippen molar-refractivity contribution in [1.82, 2.24) is 0 Å². The maximum absolute atomic E-state index is 11.8. The summed E-state index contributed by atoms with van der Waals surface area (Å²) in [6, 6.07) is 0. The Morgan fingerprint density at radius 2 is 2.00 bits per heavy atom. The summed E-state index contributed by atoms with van der Waals surface area (Å²) >= 11 is 0. The Kier molecular flexibility index (Phi) is 1.53. The normalized spacial score (nSPS) is 32.0. The van der Waals surface area contributed by atoms with Crippen LogP contribution in [0.3, 0.4) is 0 Å². The highest BCUT2D eigenvalue weighted by Gasteiger charge is 2.55. The van der Waals surface area contributed by atoms with Crippen molar-refractivity contribution in [3.05, 3.63) is 12.2 Å². The molecular formula is C7H9F3. The van der Waals surface area contributed by atoms with Gasteiger partial charge in [0.05, 0.1) is 5.92 Å². The molecule has 0 bridgehead atoms. The maximum Gasteiger partial charge on any atom is 0.392 e. The Morgan fingerprint density at radius 1 is 1.50 bits per heavy atom. The van der Waals surface area contributed by atoms with Crippen molar-refractivity contribution >= 4 is 0 Å². The van der Waals surface area contributed by atoms with Crippen LogP contribution >= 0.6 is 0 Å². The first-order valence-corrected chi connectivity index (χ1v) is 3.15. The molecule has 0 saturated heterocycles. The number of allylic oxidation sites excluding steroid dienone is 1. The molecule has 3 heteroatoms. The zero-order chi connectivity index (χ0) is 7.94. The van der Waals surface area contributed by atoms with Gasteiger partial charge in [-0.1, -0.05) is 12.2 Å². The minimum atomic E-state index is -4.00. The predicted octanol–water partition coefficient (Wildman–Crippen LogP) is 2.76. The lowest BCUT2D eigenvalue weighted by Gasteiger charge is -2.03. The third kappa shape index (κ3) is 1.33. The van der Waals surface area contributed by atoms with Crippen LogP contribution in [-0.4, -0.2) is 6.18 Å². The second kappa shape index (κ2) is 2.01. The van der Waals surface area contributed by atoms with E-state index >= 15 is 0 Å². The molecule has 0 aromatic heterocycles. The second-order valence-electron chi connectivity index (χ2n) is 2.84.